The normalized spacial score (nSPS) is 12.6. The lowest BCUT2D eigenvalue weighted by atomic mass is 10.3. The molecule has 17 heavy (non-hydrogen) atoms. The lowest BCUT2D eigenvalue weighted by molar-refractivity contribution is -0.380. The first kappa shape index (κ1) is 12.1. The van der Waals surface area contributed by atoms with Gasteiger partial charge in [0.25, 0.3) is 0 Å². The van der Waals surface area contributed by atoms with Crippen molar-refractivity contribution in [1.29, 1.82) is 0 Å². The quantitative estimate of drug-likeness (QED) is 0.680. The monoisotopic (exact) mass is 270 g/mol. The summed E-state index contributed by atoms with van der Waals surface area (Å²) in [6.45, 7) is 1.97. The largest absolute Gasteiger partial charge is 0.324 e. The van der Waals surface area contributed by atoms with Gasteiger partial charge in [0.15, 0.2) is 5.01 Å². The predicted molar refractivity (Wildman–Crippen MR) is 67.1 cm³/mol. The van der Waals surface area contributed by atoms with Crippen LogP contribution in [0.1, 0.15) is 24.4 Å². The highest BCUT2D eigenvalue weighted by Crippen LogP contribution is 2.35. The van der Waals surface area contributed by atoms with E-state index in [4.69, 9.17) is 5.73 Å². The van der Waals surface area contributed by atoms with Crippen LogP contribution in [0.3, 0.4) is 0 Å². The molecule has 0 aliphatic heterocycles. The first-order valence-corrected chi connectivity index (χ1v) is 6.58. The SMILES string of the molecule is CCC(N)c1nnc(-c2ccc([N+](=O)[O-])s2)s1. The molecule has 0 radical (unpaired) electrons. The van der Waals surface area contributed by atoms with Gasteiger partial charge in [0.05, 0.1) is 15.8 Å². The Hall–Kier alpha value is -1.38. The van der Waals surface area contributed by atoms with Gasteiger partial charge in [0.1, 0.15) is 5.01 Å². The predicted octanol–water partition coefficient (Wildman–Crippen LogP) is 2.58. The van der Waals surface area contributed by atoms with Crippen molar-refractivity contribution in [2.45, 2.75) is 19.4 Å². The molecule has 6 nitrogen and oxygen atoms in total. The summed E-state index contributed by atoms with van der Waals surface area (Å²) in [5, 5.41) is 20.1. The minimum Gasteiger partial charge on any atom is -0.322 e. The van der Waals surface area contributed by atoms with Gasteiger partial charge < -0.3 is 5.73 Å². The van der Waals surface area contributed by atoms with Crippen LogP contribution in [-0.4, -0.2) is 15.1 Å². The van der Waals surface area contributed by atoms with Crippen molar-refractivity contribution in [2.24, 2.45) is 5.73 Å². The Kier molecular flexibility index (Phi) is 3.46. The third-order valence-corrected chi connectivity index (χ3v) is 4.44. The van der Waals surface area contributed by atoms with Gasteiger partial charge in [-0.25, -0.2) is 0 Å². The highest BCUT2D eigenvalue weighted by Gasteiger charge is 2.16. The third kappa shape index (κ3) is 2.48. The summed E-state index contributed by atoms with van der Waals surface area (Å²) < 4.78 is 0. The number of nitrogens with zero attached hydrogens (tertiary/aromatic N) is 3. The van der Waals surface area contributed by atoms with Crippen molar-refractivity contribution >= 4 is 27.7 Å². The van der Waals surface area contributed by atoms with Crippen LogP contribution in [0.4, 0.5) is 5.00 Å². The molecule has 1 unspecified atom stereocenters. The lowest BCUT2D eigenvalue weighted by Gasteiger charge is -2.00. The molecule has 0 saturated heterocycles. The zero-order chi connectivity index (χ0) is 12.4. The number of hydrogen-bond acceptors (Lipinski definition) is 7. The zero-order valence-electron chi connectivity index (χ0n) is 8.99. The van der Waals surface area contributed by atoms with E-state index in [1.165, 1.54) is 17.4 Å². The summed E-state index contributed by atoms with van der Waals surface area (Å²) in [4.78, 5) is 10.9. The summed E-state index contributed by atoms with van der Waals surface area (Å²) in [5.74, 6) is 0. The van der Waals surface area contributed by atoms with Crippen molar-refractivity contribution in [2.75, 3.05) is 0 Å². The van der Waals surface area contributed by atoms with Crippen LogP contribution in [0.25, 0.3) is 9.88 Å². The molecule has 0 bridgehead atoms. The van der Waals surface area contributed by atoms with Gasteiger partial charge in [0, 0.05) is 6.07 Å². The summed E-state index contributed by atoms with van der Waals surface area (Å²) in [6, 6.07) is 3.04. The maximum Gasteiger partial charge on any atom is 0.324 e. The fourth-order valence-corrected chi connectivity index (χ4v) is 3.00. The molecule has 0 amide bonds. The Balaban J connectivity index is 2.27. The van der Waals surface area contributed by atoms with Gasteiger partial charge in [-0.1, -0.05) is 29.6 Å². The fraction of sp³-hybridized carbons (Fsp3) is 0.333. The standard InChI is InChI=1S/C9H10N4O2S2/c1-2-5(10)8-11-12-9(17-8)6-3-4-7(16-6)13(14)15/h3-5H,2,10H2,1H3. The zero-order valence-corrected chi connectivity index (χ0v) is 10.6. The molecule has 0 saturated carbocycles. The average Bonchev–Trinajstić information content (AvgIpc) is 2.95. The smallest absolute Gasteiger partial charge is 0.322 e. The fourth-order valence-electron chi connectivity index (χ4n) is 1.20. The number of nitrogens with two attached hydrogens (primary N) is 1. The first-order valence-electron chi connectivity index (χ1n) is 4.95. The van der Waals surface area contributed by atoms with E-state index in [1.807, 2.05) is 6.92 Å². The molecule has 1 atom stereocenters. The molecule has 0 aliphatic carbocycles. The maximum atomic E-state index is 10.6. The lowest BCUT2D eigenvalue weighted by Crippen LogP contribution is -2.07. The van der Waals surface area contributed by atoms with Gasteiger partial charge in [-0.2, -0.15) is 0 Å². The number of aromatic nitrogens is 2. The summed E-state index contributed by atoms with van der Waals surface area (Å²) in [6.07, 6.45) is 0.791. The Bertz CT molecular complexity index is 537. The van der Waals surface area contributed by atoms with E-state index in [0.717, 1.165) is 27.6 Å². The van der Waals surface area contributed by atoms with E-state index in [-0.39, 0.29) is 11.0 Å². The highest BCUT2D eigenvalue weighted by atomic mass is 32.1. The molecule has 2 rings (SSSR count). The van der Waals surface area contributed by atoms with Gasteiger partial charge in [0.2, 0.25) is 0 Å². The van der Waals surface area contributed by atoms with Crippen LogP contribution in [-0.2, 0) is 0 Å². The molecule has 0 aromatic carbocycles. The van der Waals surface area contributed by atoms with Gasteiger partial charge in [-0.15, -0.1) is 10.2 Å². The molecule has 2 aromatic heterocycles. The van der Waals surface area contributed by atoms with Crippen LogP contribution < -0.4 is 5.73 Å². The molecule has 90 valence electrons. The second-order valence-electron chi connectivity index (χ2n) is 3.36. The van der Waals surface area contributed by atoms with Crippen molar-refractivity contribution < 1.29 is 4.92 Å². The number of nitro groups is 1. The summed E-state index contributed by atoms with van der Waals surface area (Å²) in [7, 11) is 0. The van der Waals surface area contributed by atoms with E-state index in [0.29, 0.717) is 5.01 Å². The second-order valence-corrected chi connectivity index (χ2v) is 5.43. The maximum absolute atomic E-state index is 10.6. The van der Waals surface area contributed by atoms with E-state index in [9.17, 15) is 10.1 Å². The molecular formula is C9H10N4O2S2. The van der Waals surface area contributed by atoms with Crippen molar-refractivity contribution in [3.63, 3.8) is 0 Å². The third-order valence-electron chi connectivity index (χ3n) is 2.18. The molecule has 0 fully saturated rings. The van der Waals surface area contributed by atoms with E-state index in [1.54, 1.807) is 6.07 Å². The summed E-state index contributed by atoms with van der Waals surface area (Å²) >= 11 is 2.48. The summed E-state index contributed by atoms with van der Waals surface area (Å²) in [5.41, 5.74) is 5.84. The topological polar surface area (TPSA) is 94.9 Å². The van der Waals surface area contributed by atoms with Crippen LogP contribution in [0.5, 0.6) is 0 Å². The first-order chi connectivity index (χ1) is 8.11. The van der Waals surface area contributed by atoms with Crippen molar-refractivity contribution in [3.05, 3.63) is 27.3 Å². The molecule has 2 heterocycles. The Morgan fingerprint density at radius 2 is 2.24 bits per heavy atom. The highest BCUT2D eigenvalue weighted by molar-refractivity contribution is 7.23. The number of rotatable bonds is 4. The molecule has 2 aromatic rings. The molecule has 2 N–H and O–H groups in total. The molecule has 0 aliphatic rings. The van der Waals surface area contributed by atoms with Crippen molar-refractivity contribution in [3.8, 4) is 9.88 Å². The van der Waals surface area contributed by atoms with Crippen LogP contribution in [0.15, 0.2) is 12.1 Å². The molecule has 8 heteroatoms. The Morgan fingerprint density at radius 1 is 1.47 bits per heavy atom. The van der Waals surface area contributed by atoms with E-state index < -0.39 is 4.92 Å². The molecule has 0 spiro atoms. The van der Waals surface area contributed by atoms with Gasteiger partial charge >= 0.3 is 5.00 Å². The van der Waals surface area contributed by atoms with Crippen LogP contribution in [0, 0.1) is 10.1 Å². The Morgan fingerprint density at radius 3 is 2.82 bits per heavy atom. The number of hydrogen-bond donors (Lipinski definition) is 1. The van der Waals surface area contributed by atoms with Crippen LogP contribution >= 0.6 is 22.7 Å². The minimum absolute atomic E-state index is 0.108. The van der Waals surface area contributed by atoms with E-state index in [2.05, 4.69) is 10.2 Å². The van der Waals surface area contributed by atoms with Gasteiger partial charge in [-0.3, -0.25) is 10.1 Å². The van der Waals surface area contributed by atoms with E-state index >= 15 is 0 Å². The van der Waals surface area contributed by atoms with Crippen LogP contribution in [0.2, 0.25) is 0 Å². The minimum atomic E-state index is -0.409. The molecular weight excluding hydrogens is 260 g/mol. The Labute approximate surface area is 105 Å². The number of thiophene rings is 1. The average molecular weight is 270 g/mol. The van der Waals surface area contributed by atoms with Crippen molar-refractivity contribution in [1.82, 2.24) is 10.2 Å². The second kappa shape index (κ2) is 4.86. The van der Waals surface area contributed by atoms with Gasteiger partial charge in [-0.05, 0) is 12.5 Å².